The number of guanidine groups is 1. The molecule has 8 nitrogen and oxygen atoms in total. The maximum atomic E-state index is 5.86. The molecule has 1 aromatic carbocycles. The van der Waals surface area contributed by atoms with Crippen LogP contribution < -0.4 is 10.1 Å². The number of aromatic nitrogens is 2. The van der Waals surface area contributed by atoms with Crippen LogP contribution in [0, 0.1) is 0 Å². The molecule has 0 amide bonds. The molecule has 168 valence electrons. The third-order valence-corrected chi connectivity index (χ3v) is 5.32. The maximum Gasteiger partial charge on any atom is 0.213 e. The topological polar surface area (TPSA) is 79.0 Å². The van der Waals surface area contributed by atoms with Crippen LogP contribution in [0.4, 0.5) is 0 Å². The second-order valence-electron chi connectivity index (χ2n) is 7.70. The molecule has 1 saturated heterocycles. The van der Waals surface area contributed by atoms with Crippen molar-refractivity contribution < 1.29 is 9.26 Å². The summed E-state index contributed by atoms with van der Waals surface area (Å²) in [6, 6.07) is 16.0. The van der Waals surface area contributed by atoms with Gasteiger partial charge in [-0.3, -0.25) is 4.90 Å². The van der Waals surface area contributed by atoms with Gasteiger partial charge in [0.2, 0.25) is 5.88 Å². The minimum Gasteiger partial charge on any atom is -0.473 e. The van der Waals surface area contributed by atoms with E-state index in [1.807, 2.05) is 48.5 Å². The molecular weight excluding hydrogens is 404 g/mol. The Morgan fingerprint density at radius 2 is 1.94 bits per heavy atom. The molecule has 0 spiro atoms. The van der Waals surface area contributed by atoms with Crippen molar-refractivity contribution in [3.63, 3.8) is 0 Å². The number of nitrogens with one attached hydrogen (secondary N) is 1. The Kier molecular flexibility index (Phi) is 7.70. The molecule has 1 aliphatic heterocycles. The van der Waals surface area contributed by atoms with E-state index in [2.05, 4.69) is 32.2 Å². The van der Waals surface area contributed by atoms with Crippen LogP contribution in [-0.4, -0.2) is 58.6 Å². The van der Waals surface area contributed by atoms with E-state index >= 15 is 0 Å². The van der Waals surface area contributed by atoms with E-state index in [1.54, 1.807) is 12.5 Å². The monoisotopic (exact) mass is 434 g/mol. The van der Waals surface area contributed by atoms with Crippen LogP contribution in [0.15, 0.2) is 70.5 Å². The third-order valence-electron chi connectivity index (χ3n) is 5.32. The van der Waals surface area contributed by atoms with Gasteiger partial charge in [0.15, 0.2) is 5.96 Å². The molecule has 0 bridgehead atoms. The first-order valence-corrected chi connectivity index (χ1v) is 11.1. The molecule has 3 aromatic rings. The van der Waals surface area contributed by atoms with Crippen LogP contribution in [0.25, 0.3) is 0 Å². The Balaban J connectivity index is 1.32. The molecule has 0 radical (unpaired) electrons. The van der Waals surface area contributed by atoms with Gasteiger partial charge in [0, 0.05) is 57.6 Å². The van der Waals surface area contributed by atoms with E-state index in [1.165, 1.54) is 0 Å². The summed E-state index contributed by atoms with van der Waals surface area (Å²) in [5.41, 5.74) is 3.17. The second-order valence-corrected chi connectivity index (χ2v) is 7.70. The fourth-order valence-corrected chi connectivity index (χ4v) is 3.62. The fourth-order valence-electron chi connectivity index (χ4n) is 3.62. The van der Waals surface area contributed by atoms with Gasteiger partial charge in [0.25, 0.3) is 0 Å². The largest absolute Gasteiger partial charge is 0.473 e. The van der Waals surface area contributed by atoms with E-state index < -0.39 is 0 Å². The molecule has 1 N–H and O–H groups in total. The number of ether oxygens (including phenoxy) is 1. The fraction of sp³-hybridized carbons (Fsp3) is 0.375. The number of hydrogen-bond donors (Lipinski definition) is 1. The zero-order chi connectivity index (χ0) is 22.0. The SMILES string of the molecule is CCNC(=NCc1ccnc(OCc2ccccc2)c1)N1CCN(Cc2ccon2)CC1. The number of piperazine rings is 1. The standard InChI is InChI=1S/C24H30N6O2/c1-2-25-24(30-13-11-29(12-14-30)18-22-9-15-32-28-22)27-17-21-8-10-26-23(16-21)31-19-20-6-4-3-5-7-20/h3-10,15-16H,2,11-14,17-19H2,1H3,(H,25,27). The normalized spacial score (nSPS) is 15.0. The van der Waals surface area contributed by atoms with Crippen LogP contribution in [0.1, 0.15) is 23.7 Å². The molecular formula is C24H30N6O2. The zero-order valence-corrected chi connectivity index (χ0v) is 18.5. The van der Waals surface area contributed by atoms with E-state index in [0.29, 0.717) is 19.0 Å². The van der Waals surface area contributed by atoms with Crippen molar-refractivity contribution in [2.75, 3.05) is 32.7 Å². The van der Waals surface area contributed by atoms with E-state index in [-0.39, 0.29) is 0 Å². The smallest absolute Gasteiger partial charge is 0.213 e. The Morgan fingerprint density at radius 1 is 1.09 bits per heavy atom. The van der Waals surface area contributed by atoms with E-state index in [9.17, 15) is 0 Å². The van der Waals surface area contributed by atoms with Crippen molar-refractivity contribution in [2.24, 2.45) is 4.99 Å². The molecule has 0 unspecified atom stereocenters. The number of rotatable bonds is 8. The average Bonchev–Trinajstić information content (AvgIpc) is 3.35. The van der Waals surface area contributed by atoms with Crippen molar-refractivity contribution in [2.45, 2.75) is 26.6 Å². The molecule has 4 rings (SSSR count). The number of aliphatic imine (C=N–C) groups is 1. The van der Waals surface area contributed by atoms with Crippen LogP contribution in [0.2, 0.25) is 0 Å². The Morgan fingerprint density at radius 3 is 2.69 bits per heavy atom. The lowest BCUT2D eigenvalue weighted by Crippen LogP contribution is -2.52. The molecule has 8 heteroatoms. The first kappa shape index (κ1) is 21.8. The highest BCUT2D eigenvalue weighted by molar-refractivity contribution is 5.80. The predicted octanol–water partition coefficient (Wildman–Crippen LogP) is 2.93. The number of benzene rings is 1. The molecule has 0 atom stereocenters. The summed E-state index contributed by atoms with van der Waals surface area (Å²) in [5, 5.41) is 7.44. The van der Waals surface area contributed by atoms with E-state index in [0.717, 1.165) is 62.0 Å². The Labute approximate surface area is 188 Å². The third kappa shape index (κ3) is 6.31. The lowest BCUT2D eigenvalue weighted by Gasteiger charge is -2.36. The van der Waals surface area contributed by atoms with Crippen LogP contribution in [0.3, 0.4) is 0 Å². The van der Waals surface area contributed by atoms with Gasteiger partial charge in [-0.2, -0.15) is 0 Å². The van der Waals surface area contributed by atoms with Gasteiger partial charge in [-0.15, -0.1) is 0 Å². The van der Waals surface area contributed by atoms with Gasteiger partial charge in [-0.1, -0.05) is 35.5 Å². The number of nitrogens with zero attached hydrogens (tertiary/aromatic N) is 5. The quantitative estimate of drug-likeness (QED) is 0.431. The molecule has 1 aliphatic rings. The number of pyridine rings is 1. The minimum absolute atomic E-state index is 0.502. The lowest BCUT2D eigenvalue weighted by atomic mass is 10.2. The maximum absolute atomic E-state index is 5.86. The van der Waals surface area contributed by atoms with Gasteiger partial charge >= 0.3 is 0 Å². The summed E-state index contributed by atoms with van der Waals surface area (Å²) in [4.78, 5) is 13.9. The van der Waals surface area contributed by atoms with Crippen molar-refractivity contribution in [3.8, 4) is 5.88 Å². The molecule has 0 aliphatic carbocycles. The highest BCUT2D eigenvalue weighted by Gasteiger charge is 2.20. The molecule has 3 heterocycles. The first-order valence-electron chi connectivity index (χ1n) is 11.1. The van der Waals surface area contributed by atoms with Crippen molar-refractivity contribution >= 4 is 5.96 Å². The first-order chi connectivity index (χ1) is 15.8. The Hall–Kier alpha value is -3.39. The summed E-state index contributed by atoms with van der Waals surface area (Å²) in [6.45, 7) is 8.59. The molecule has 0 saturated carbocycles. The van der Waals surface area contributed by atoms with Crippen LogP contribution in [-0.2, 0) is 19.7 Å². The minimum atomic E-state index is 0.502. The summed E-state index contributed by atoms with van der Waals surface area (Å²) in [6.07, 6.45) is 3.40. The summed E-state index contributed by atoms with van der Waals surface area (Å²) < 4.78 is 10.8. The Bertz CT molecular complexity index is 969. The van der Waals surface area contributed by atoms with Gasteiger partial charge in [0.05, 0.1) is 12.2 Å². The van der Waals surface area contributed by atoms with Crippen molar-refractivity contribution in [1.82, 2.24) is 25.3 Å². The van der Waals surface area contributed by atoms with Crippen LogP contribution >= 0.6 is 0 Å². The molecule has 1 fully saturated rings. The van der Waals surface area contributed by atoms with E-state index in [4.69, 9.17) is 14.3 Å². The van der Waals surface area contributed by atoms with Gasteiger partial charge in [-0.05, 0) is 24.1 Å². The highest BCUT2D eigenvalue weighted by atomic mass is 16.5. The van der Waals surface area contributed by atoms with Crippen molar-refractivity contribution in [3.05, 3.63) is 77.8 Å². The summed E-state index contributed by atoms with van der Waals surface area (Å²) >= 11 is 0. The van der Waals surface area contributed by atoms with Gasteiger partial charge < -0.3 is 19.5 Å². The van der Waals surface area contributed by atoms with Crippen molar-refractivity contribution in [1.29, 1.82) is 0 Å². The average molecular weight is 435 g/mol. The predicted molar refractivity (Wildman–Crippen MR) is 123 cm³/mol. The van der Waals surface area contributed by atoms with Gasteiger partial charge in [0.1, 0.15) is 12.9 Å². The highest BCUT2D eigenvalue weighted by Crippen LogP contribution is 2.13. The summed E-state index contributed by atoms with van der Waals surface area (Å²) in [7, 11) is 0. The van der Waals surface area contributed by atoms with Gasteiger partial charge in [-0.25, -0.2) is 9.98 Å². The van der Waals surface area contributed by atoms with Crippen LogP contribution in [0.5, 0.6) is 5.88 Å². The lowest BCUT2D eigenvalue weighted by molar-refractivity contribution is 0.169. The molecule has 2 aromatic heterocycles. The second kappa shape index (κ2) is 11.3. The number of hydrogen-bond acceptors (Lipinski definition) is 6. The molecule has 32 heavy (non-hydrogen) atoms. The zero-order valence-electron chi connectivity index (χ0n) is 18.5. The summed E-state index contributed by atoms with van der Waals surface area (Å²) in [5.74, 6) is 1.56.